The van der Waals surface area contributed by atoms with Crippen molar-refractivity contribution in [2.24, 2.45) is 0 Å². The van der Waals surface area contributed by atoms with E-state index in [0.717, 1.165) is 28.5 Å². The lowest BCUT2D eigenvalue weighted by Crippen LogP contribution is -2.45. The van der Waals surface area contributed by atoms with Crippen LogP contribution in [0.1, 0.15) is 6.42 Å². The van der Waals surface area contributed by atoms with E-state index in [1.165, 1.54) is 0 Å². The zero-order valence-corrected chi connectivity index (χ0v) is 10.3. The van der Waals surface area contributed by atoms with Gasteiger partial charge in [0.25, 0.3) is 0 Å². The van der Waals surface area contributed by atoms with Crippen molar-refractivity contribution in [3.8, 4) is 6.07 Å². The number of rotatable bonds is 6. The molecule has 84 valence electrons. The molecule has 0 radical (unpaired) electrons. The molecular weight excluding hydrogens is 188 g/mol. The third-order valence-corrected chi connectivity index (χ3v) is 2.48. The Morgan fingerprint density at radius 3 is 2.13 bits per heavy atom. The zero-order chi connectivity index (χ0) is 11.9. The van der Waals surface area contributed by atoms with Crippen LogP contribution in [-0.4, -0.2) is 63.5 Å². The molecule has 0 N–H and O–H groups in total. The quantitative estimate of drug-likeness (QED) is 0.364. The first-order chi connectivity index (χ1) is 6.83. The van der Waals surface area contributed by atoms with Crippen molar-refractivity contribution in [2.45, 2.75) is 6.42 Å². The molecule has 0 bridgehead atoms. The second-order valence-corrected chi connectivity index (χ2v) is 5.29. The van der Waals surface area contributed by atoms with Gasteiger partial charge in [-0.05, 0) is 0 Å². The summed E-state index contributed by atoms with van der Waals surface area (Å²) in [4.78, 5) is 3.42. The summed E-state index contributed by atoms with van der Waals surface area (Å²) < 4.78 is 1.49. The van der Waals surface area contributed by atoms with Crippen LogP contribution in [-0.2, 0) is 0 Å². The number of hydrogen-bond donors (Lipinski definition) is 0. The van der Waals surface area contributed by atoms with Crippen molar-refractivity contribution in [3.63, 3.8) is 0 Å². The van der Waals surface area contributed by atoms with Gasteiger partial charge in [-0.15, -0.1) is 0 Å². The zero-order valence-electron chi connectivity index (χ0n) is 10.3. The third kappa shape index (κ3) is 6.90. The van der Waals surface area contributed by atoms with Gasteiger partial charge in [0.2, 0.25) is 0 Å². The molecule has 0 aliphatic rings. The fourth-order valence-corrected chi connectivity index (χ4v) is 1.46. The van der Waals surface area contributed by atoms with Crippen molar-refractivity contribution in [1.82, 2.24) is 0 Å². The Kier molecular flexibility index (Phi) is 5.28. The van der Waals surface area contributed by atoms with Gasteiger partial charge < -0.3 is 4.48 Å². The number of quaternary nitrogens is 2. The minimum absolute atomic E-state index is 0.533. The highest BCUT2D eigenvalue weighted by atomic mass is 15.4. The van der Waals surface area contributed by atoms with E-state index in [2.05, 4.69) is 39.1 Å². The topological polar surface area (TPSA) is 28.1 Å². The fraction of sp³-hybridized carbons (Fsp3) is 0.818. The van der Waals surface area contributed by atoms with Gasteiger partial charge in [-0.1, -0.05) is 0 Å². The molecule has 4 nitrogen and oxygen atoms in total. The predicted molar refractivity (Wildman–Crippen MR) is 60.5 cm³/mol. The second kappa shape index (κ2) is 5.70. The minimum Gasteiger partial charge on any atom is -0.316 e. The molecule has 0 rings (SSSR count). The van der Waals surface area contributed by atoms with Gasteiger partial charge in [-0.3, -0.25) is 9.33 Å². The highest BCUT2D eigenvalue weighted by Gasteiger charge is 2.20. The molecule has 0 unspecified atom stereocenters. The van der Waals surface area contributed by atoms with Crippen LogP contribution >= 0.6 is 0 Å². The number of nitriles is 1. The molecule has 0 spiro atoms. The smallest absolute Gasteiger partial charge is 0.316 e. The molecule has 4 heteroatoms. The van der Waals surface area contributed by atoms with Crippen molar-refractivity contribution in [3.05, 3.63) is 11.4 Å². The van der Waals surface area contributed by atoms with Crippen LogP contribution < -0.4 is 0 Å². The molecule has 0 heterocycles. The van der Waals surface area contributed by atoms with Gasteiger partial charge in [-0.2, -0.15) is 5.26 Å². The highest BCUT2D eigenvalue weighted by molar-refractivity contribution is 4.66. The lowest BCUT2D eigenvalue weighted by Gasteiger charge is -2.29. The fourth-order valence-electron chi connectivity index (χ4n) is 1.46. The van der Waals surface area contributed by atoms with Crippen LogP contribution in [0.15, 0.2) is 0 Å². The minimum atomic E-state index is 0.533. The van der Waals surface area contributed by atoms with Gasteiger partial charge >= 0.3 is 6.67 Å². The maximum Gasteiger partial charge on any atom is 0.339 e. The number of nitrogens with zero attached hydrogens (tertiary/aromatic N) is 4. The summed E-state index contributed by atoms with van der Waals surface area (Å²) >= 11 is 0. The van der Waals surface area contributed by atoms with E-state index in [4.69, 9.17) is 11.8 Å². The maximum absolute atomic E-state index is 8.64. The van der Waals surface area contributed by atoms with Crippen LogP contribution in [0.5, 0.6) is 0 Å². The van der Waals surface area contributed by atoms with E-state index >= 15 is 0 Å². The first-order valence-electron chi connectivity index (χ1n) is 5.17. The van der Waals surface area contributed by atoms with Crippen LogP contribution in [0.3, 0.4) is 0 Å². The Bertz CT molecular complexity index is 239. The lowest BCUT2D eigenvalue weighted by molar-refractivity contribution is -0.903. The second-order valence-electron chi connectivity index (χ2n) is 5.29. The van der Waals surface area contributed by atoms with Crippen LogP contribution in [0.4, 0.5) is 0 Å². The molecule has 0 aliphatic carbocycles. The van der Waals surface area contributed by atoms with E-state index in [9.17, 15) is 0 Å². The van der Waals surface area contributed by atoms with Crippen molar-refractivity contribution in [1.29, 1.82) is 5.26 Å². The Balaban J connectivity index is 3.90. The summed E-state index contributed by atoms with van der Waals surface area (Å²) in [5.41, 5.74) is 0. The molecule has 0 fully saturated rings. The molecule has 0 atom stereocenters. The molecule has 0 aromatic carbocycles. The monoisotopic (exact) mass is 210 g/mol. The Morgan fingerprint density at radius 2 is 1.67 bits per heavy atom. The average molecular weight is 210 g/mol. The van der Waals surface area contributed by atoms with Gasteiger partial charge in [0.05, 0.1) is 41.3 Å². The Hall–Kier alpha value is -1.10. The number of hydrogen-bond acceptors (Lipinski definition) is 1. The summed E-state index contributed by atoms with van der Waals surface area (Å²) in [5, 5.41) is 8.64. The lowest BCUT2D eigenvalue weighted by atomic mass is 10.3. The third-order valence-electron chi connectivity index (χ3n) is 2.48. The first kappa shape index (κ1) is 13.9. The highest BCUT2D eigenvalue weighted by Crippen LogP contribution is 2.03. The van der Waals surface area contributed by atoms with Crippen LogP contribution in [0, 0.1) is 17.9 Å². The summed E-state index contributed by atoms with van der Waals surface area (Å²) in [6.45, 7) is 9.92. The van der Waals surface area contributed by atoms with E-state index < -0.39 is 0 Å². The van der Waals surface area contributed by atoms with Gasteiger partial charge in [0.1, 0.15) is 6.07 Å². The summed E-state index contributed by atoms with van der Waals surface area (Å²) in [7, 11) is 8.28. The molecule has 0 saturated carbocycles. The average Bonchev–Trinajstić information content (AvgIpc) is 2.02. The normalized spacial score (nSPS) is 11.9. The van der Waals surface area contributed by atoms with Crippen LogP contribution in [0.2, 0.25) is 0 Å². The molecule has 0 aromatic rings. The van der Waals surface area contributed by atoms with E-state index in [1.54, 1.807) is 0 Å². The first-order valence-corrected chi connectivity index (χ1v) is 5.17. The maximum atomic E-state index is 8.64. The van der Waals surface area contributed by atoms with Crippen molar-refractivity contribution in [2.75, 3.05) is 54.5 Å². The van der Waals surface area contributed by atoms with Gasteiger partial charge in [0, 0.05) is 6.42 Å². The SMILES string of the molecule is [C-]#[N+]C[N+](C)(C)CCC[N+](C)(C)CC#N. The Morgan fingerprint density at radius 1 is 1.13 bits per heavy atom. The summed E-state index contributed by atoms with van der Waals surface area (Å²) in [5.74, 6) is 0. The molecule has 15 heavy (non-hydrogen) atoms. The van der Waals surface area contributed by atoms with Crippen LogP contribution in [0.25, 0.3) is 4.85 Å². The summed E-state index contributed by atoms with van der Waals surface area (Å²) in [6, 6.07) is 2.20. The van der Waals surface area contributed by atoms with Crippen molar-refractivity contribution >= 4 is 0 Å². The van der Waals surface area contributed by atoms with E-state index in [-0.39, 0.29) is 0 Å². The molecular formula is C11H22N4+2. The van der Waals surface area contributed by atoms with E-state index in [0.29, 0.717) is 13.2 Å². The largest absolute Gasteiger partial charge is 0.339 e. The molecule has 0 aliphatic heterocycles. The summed E-state index contributed by atoms with van der Waals surface area (Å²) in [6.07, 6.45) is 1.05. The molecule has 0 saturated heterocycles. The van der Waals surface area contributed by atoms with Gasteiger partial charge in [-0.25, -0.2) is 6.57 Å². The Labute approximate surface area is 93.3 Å². The molecule has 0 aromatic heterocycles. The van der Waals surface area contributed by atoms with Crippen molar-refractivity contribution < 1.29 is 8.97 Å². The van der Waals surface area contributed by atoms with E-state index in [1.807, 2.05) is 0 Å². The molecule has 0 amide bonds. The standard InChI is InChI=1S/C11H22N4/c1-13-11-15(4,5)9-6-8-14(2,3)10-7-12/h6,8-11H2,2-5H3/q+2. The van der Waals surface area contributed by atoms with Gasteiger partial charge in [0.15, 0.2) is 6.54 Å². The predicted octanol–water partition coefficient (Wildman–Crippen LogP) is 0.930.